The molecule has 0 radical (unpaired) electrons. The quantitative estimate of drug-likeness (QED) is 0.653. The van der Waals surface area contributed by atoms with E-state index < -0.39 is 18.1 Å². The Kier molecular flexibility index (Phi) is 5.76. The number of likely N-dealkylation sites (N-methyl/N-ethyl adjacent to an activating group) is 1. The van der Waals surface area contributed by atoms with E-state index >= 15 is 0 Å². The highest BCUT2D eigenvalue weighted by Crippen LogP contribution is 2.66. The smallest absolute Gasteiger partial charge is 0.323 e. The number of hydrogen-bond donors (Lipinski definition) is 2. The molecule has 6 nitrogen and oxygen atoms in total. The van der Waals surface area contributed by atoms with Crippen LogP contribution in [-0.2, 0) is 19.1 Å². The SMILES string of the molecule is CNC(C)C(=O)OCC(=O)C1CCC2[C@@H]3CCC4=CC(=O)C=C[C@]4(C)C3[C@@H](O)C[C@]12C. The second-order valence-electron chi connectivity index (χ2n) is 10.5. The number of nitrogens with one attached hydrogen (secondary N) is 1. The van der Waals surface area contributed by atoms with Gasteiger partial charge in [0.1, 0.15) is 12.6 Å². The van der Waals surface area contributed by atoms with Gasteiger partial charge in [0.15, 0.2) is 11.6 Å². The molecule has 6 heteroatoms. The first kappa shape index (κ1) is 22.4. The number of Topliss-reactive ketones (excluding diaryl/α,β-unsaturated/α-hetero) is 1. The third kappa shape index (κ3) is 3.52. The van der Waals surface area contributed by atoms with Gasteiger partial charge in [-0.05, 0) is 75.5 Å². The van der Waals surface area contributed by atoms with Gasteiger partial charge >= 0.3 is 5.97 Å². The predicted molar refractivity (Wildman–Crippen MR) is 116 cm³/mol. The fourth-order valence-corrected chi connectivity index (χ4v) is 7.34. The zero-order valence-corrected chi connectivity index (χ0v) is 19.0. The van der Waals surface area contributed by atoms with Crippen molar-refractivity contribution < 1.29 is 24.2 Å². The van der Waals surface area contributed by atoms with E-state index in [1.165, 1.54) is 0 Å². The molecule has 4 unspecified atom stereocenters. The number of fused-ring (bicyclic) bond motifs is 5. The molecule has 0 spiro atoms. The molecular formula is C25H35NO5. The van der Waals surface area contributed by atoms with Crippen molar-refractivity contribution in [2.75, 3.05) is 13.7 Å². The van der Waals surface area contributed by atoms with Crippen LogP contribution < -0.4 is 5.32 Å². The minimum Gasteiger partial charge on any atom is -0.457 e. The summed E-state index contributed by atoms with van der Waals surface area (Å²) in [6.45, 7) is 5.82. The van der Waals surface area contributed by atoms with Gasteiger partial charge in [-0.25, -0.2) is 0 Å². The predicted octanol–water partition coefficient (Wildman–Crippen LogP) is 2.60. The molecule has 31 heavy (non-hydrogen) atoms. The number of carbonyl (C=O) groups is 3. The van der Waals surface area contributed by atoms with Crippen molar-refractivity contribution in [3.05, 3.63) is 23.8 Å². The van der Waals surface area contributed by atoms with Gasteiger partial charge in [0.25, 0.3) is 0 Å². The molecule has 0 amide bonds. The van der Waals surface area contributed by atoms with Gasteiger partial charge in [-0.3, -0.25) is 14.4 Å². The van der Waals surface area contributed by atoms with Crippen molar-refractivity contribution in [3.63, 3.8) is 0 Å². The standard InChI is InChI=1S/C25H35NO5/c1-14(26-4)23(30)31-13-21(29)19-8-7-18-17-6-5-15-11-16(27)9-10-24(15,2)22(17)20(28)12-25(18,19)3/h9-11,14,17-20,22,26,28H,5-8,12-13H2,1-4H3/t14?,17-,18?,19?,20-,22?,24-,25-/m0/s1. The Morgan fingerprint density at radius 3 is 2.74 bits per heavy atom. The molecule has 4 aliphatic carbocycles. The van der Waals surface area contributed by atoms with Gasteiger partial charge in [0.2, 0.25) is 0 Å². The topological polar surface area (TPSA) is 92.7 Å². The fraction of sp³-hybridized carbons (Fsp3) is 0.720. The number of aliphatic hydroxyl groups is 1. The molecule has 0 aromatic heterocycles. The molecule has 3 saturated carbocycles. The first-order valence-corrected chi connectivity index (χ1v) is 11.6. The highest BCUT2D eigenvalue weighted by atomic mass is 16.5. The van der Waals surface area contributed by atoms with Gasteiger partial charge in [0.05, 0.1) is 6.10 Å². The summed E-state index contributed by atoms with van der Waals surface area (Å²) >= 11 is 0. The van der Waals surface area contributed by atoms with E-state index in [9.17, 15) is 19.5 Å². The van der Waals surface area contributed by atoms with Crippen molar-refractivity contribution in [3.8, 4) is 0 Å². The summed E-state index contributed by atoms with van der Waals surface area (Å²) in [6.07, 6.45) is 9.01. The van der Waals surface area contributed by atoms with E-state index in [1.54, 1.807) is 26.1 Å². The van der Waals surface area contributed by atoms with Crippen LogP contribution in [0, 0.1) is 34.5 Å². The summed E-state index contributed by atoms with van der Waals surface area (Å²) in [7, 11) is 1.68. The van der Waals surface area contributed by atoms with Crippen LogP contribution in [0.5, 0.6) is 0 Å². The van der Waals surface area contributed by atoms with Crippen LogP contribution in [0.1, 0.15) is 52.9 Å². The van der Waals surface area contributed by atoms with Gasteiger partial charge < -0.3 is 15.2 Å². The van der Waals surface area contributed by atoms with Crippen LogP contribution >= 0.6 is 0 Å². The van der Waals surface area contributed by atoms with Gasteiger partial charge in [0, 0.05) is 17.3 Å². The van der Waals surface area contributed by atoms with Crippen LogP contribution in [0.25, 0.3) is 0 Å². The molecule has 0 heterocycles. The first-order chi connectivity index (χ1) is 14.6. The summed E-state index contributed by atoms with van der Waals surface area (Å²) < 4.78 is 5.26. The third-order valence-electron chi connectivity index (χ3n) is 9.02. The lowest BCUT2D eigenvalue weighted by Gasteiger charge is -2.58. The molecule has 0 aromatic rings. The number of hydrogen-bond acceptors (Lipinski definition) is 6. The Morgan fingerprint density at radius 2 is 2.03 bits per heavy atom. The highest BCUT2D eigenvalue weighted by molar-refractivity contribution is 6.01. The van der Waals surface area contributed by atoms with Crippen molar-refractivity contribution in [2.24, 2.45) is 34.5 Å². The number of esters is 1. The number of carbonyl (C=O) groups excluding carboxylic acids is 3. The van der Waals surface area contributed by atoms with Crippen molar-refractivity contribution >= 4 is 17.5 Å². The second-order valence-corrected chi connectivity index (χ2v) is 10.5. The van der Waals surface area contributed by atoms with Crippen molar-refractivity contribution in [1.82, 2.24) is 5.32 Å². The lowest BCUT2D eigenvalue weighted by Crippen LogP contribution is -2.56. The van der Waals surface area contributed by atoms with Crippen molar-refractivity contribution in [2.45, 2.75) is 65.0 Å². The van der Waals surface area contributed by atoms with Crippen LogP contribution in [0.15, 0.2) is 23.8 Å². The van der Waals surface area contributed by atoms with E-state index in [1.807, 2.05) is 6.08 Å². The lowest BCUT2D eigenvalue weighted by molar-refractivity contribution is -0.154. The number of rotatable bonds is 5. The maximum Gasteiger partial charge on any atom is 0.323 e. The molecule has 0 aromatic carbocycles. The van der Waals surface area contributed by atoms with Gasteiger partial charge in [-0.15, -0.1) is 0 Å². The minimum absolute atomic E-state index is 0.0296. The first-order valence-electron chi connectivity index (χ1n) is 11.6. The maximum absolute atomic E-state index is 13.1. The fourth-order valence-electron chi connectivity index (χ4n) is 7.34. The Hall–Kier alpha value is -1.79. The third-order valence-corrected chi connectivity index (χ3v) is 9.02. The molecule has 170 valence electrons. The van der Waals surface area contributed by atoms with E-state index in [-0.39, 0.29) is 40.8 Å². The van der Waals surface area contributed by atoms with Crippen LogP contribution in [-0.4, -0.2) is 48.4 Å². The Balaban J connectivity index is 1.53. The summed E-state index contributed by atoms with van der Waals surface area (Å²) in [5, 5.41) is 14.2. The van der Waals surface area contributed by atoms with Gasteiger partial charge in [-0.2, -0.15) is 0 Å². The summed E-state index contributed by atoms with van der Waals surface area (Å²) in [5.74, 6) is 0.131. The van der Waals surface area contributed by atoms with Gasteiger partial charge in [-0.1, -0.05) is 25.5 Å². The molecule has 8 atom stereocenters. The minimum atomic E-state index is -0.530. The highest BCUT2D eigenvalue weighted by Gasteiger charge is 2.62. The summed E-state index contributed by atoms with van der Waals surface area (Å²) in [5.41, 5.74) is 0.559. The van der Waals surface area contributed by atoms with Crippen LogP contribution in [0.3, 0.4) is 0 Å². The number of ketones is 2. The maximum atomic E-state index is 13.1. The lowest BCUT2D eigenvalue weighted by atomic mass is 9.46. The van der Waals surface area contributed by atoms with Crippen LogP contribution in [0.4, 0.5) is 0 Å². The number of ether oxygens (including phenoxy) is 1. The molecule has 0 bridgehead atoms. The van der Waals surface area contributed by atoms with E-state index in [0.29, 0.717) is 18.3 Å². The monoisotopic (exact) mass is 429 g/mol. The molecular weight excluding hydrogens is 394 g/mol. The molecule has 4 aliphatic rings. The zero-order chi connectivity index (χ0) is 22.6. The molecule has 0 saturated heterocycles. The normalized spacial score (nSPS) is 42.2. The Morgan fingerprint density at radius 1 is 1.29 bits per heavy atom. The Bertz CT molecular complexity index is 847. The summed E-state index contributed by atoms with van der Waals surface area (Å²) in [6, 6.07) is -0.447. The van der Waals surface area contributed by atoms with E-state index in [4.69, 9.17) is 4.74 Å². The molecule has 3 fully saturated rings. The van der Waals surface area contributed by atoms with E-state index in [0.717, 1.165) is 31.3 Å². The zero-order valence-electron chi connectivity index (χ0n) is 19.0. The number of aliphatic hydroxyl groups excluding tert-OH is 1. The molecule has 0 aliphatic heterocycles. The molecule has 4 rings (SSSR count). The number of allylic oxidation sites excluding steroid dienone is 4. The second kappa shape index (κ2) is 7.96. The van der Waals surface area contributed by atoms with E-state index in [2.05, 4.69) is 19.2 Å². The largest absolute Gasteiger partial charge is 0.457 e. The summed E-state index contributed by atoms with van der Waals surface area (Å²) in [4.78, 5) is 37.0. The van der Waals surface area contributed by atoms with Crippen molar-refractivity contribution in [1.29, 1.82) is 0 Å². The average Bonchev–Trinajstić information content (AvgIpc) is 3.07. The Labute approximate surface area is 184 Å². The van der Waals surface area contributed by atoms with Crippen LogP contribution in [0.2, 0.25) is 0 Å². The average molecular weight is 430 g/mol. The molecule has 2 N–H and O–H groups in total.